The van der Waals surface area contributed by atoms with Crippen LogP contribution in [0.3, 0.4) is 0 Å². The van der Waals surface area contributed by atoms with Crippen molar-refractivity contribution in [3.8, 4) is 5.75 Å². The number of amides is 1. The Balaban J connectivity index is 2.43. The van der Waals surface area contributed by atoms with Crippen LogP contribution in [0.25, 0.3) is 0 Å². The maximum Gasteiger partial charge on any atom is 0.426 e. The Labute approximate surface area is 94.4 Å². The molecule has 3 N–H and O–H groups in total. The topological polar surface area (TPSA) is 70.6 Å². The maximum absolute atomic E-state index is 11.3. The number of aromatic hydroxyl groups is 1. The molecule has 0 unspecified atom stereocenters. The number of hydrogen-bond donors (Lipinski definition) is 3. The molecule has 0 aliphatic heterocycles. The number of carbonyl (C=O) groups is 1. The predicted octanol–water partition coefficient (Wildman–Crippen LogP) is 2.24. The van der Waals surface area contributed by atoms with Gasteiger partial charge in [0.25, 0.3) is 0 Å². The largest absolute Gasteiger partial charge is 0.508 e. The Morgan fingerprint density at radius 3 is 2.62 bits per heavy atom. The Bertz CT molecular complexity index is 372. The molecule has 1 aromatic carbocycles. The molecular weight excluding hydrogens is 208 g/mol. The van der Waals surface area contributed by atoms with E-state index in [-0.39, 0.29) is 5.75 Å². The molecule has 0 bridgehead atoms. The Morgan fingerprint density at radius 1 is 1.38 bits per heavy atom. The molecule has 0 saturated carbocycles. The van der Waals surface area contributed by atoms with E-state index < -0.39 is 11.7 Å². The highest BCUT2D eigenvalue weighted by molar-refractivity contribution is 5.69. The number of phenols is 1. The lowest BCUT2D eigenvalue weighted by Crippen LogP contribution is -2.35. The van der Waals surface area contributed by atoms with E-state index in [1.807, 2.05) is 0 Å². The van der Waals surface area contributed by atoms with Crippen LogP contribution >= 0.6 is 0 Å². The van der Waals surface area contributed by atoms with Crippen LogP contribution < -0.4 is 10.9 Å². The van der Waals surface area contributed by atoms with Gasteiger partial charge in [-0.3, -0.25) is 5.43 Å². The normalized spacial score (nSPS) is 10.7. The van der Waals surface area contributed by atoms with Crippen LogP contribution in [0.5, 0.6) is 5.75 Å². The third kappa shape index (κ3) is 4.54. The minimum atomic E-state index is -0.573. The van der Waals surface area contributed by atoms with E-state index in [2.05, 4.69) is 10.9 Å². The minimum Gasteiger partial charge on any atom is -0.508 e. The van der Waals surface area contributed by atoms with Gasteiger partial charge < -0.3 is 9.84 Å². The van der Waals surface area contributed by atoms with E-state index in [1.54, 1.807) is 39.0 Å². The molecule has 0 fully saturated rings. The van der Waals surface area contributed by atoms with Crippen molar-refractivity contribution in [2.75, 3.05) is 5.43 Å². The van der Waals surface area contributed by atoms with E-state index in [0.29, 0.717) is 5.69 Å². The van der Waals surface area contributed by atoms with Gasteiger partial charge in [-0.05, 0) is 32.9 Å². The van der Waals surface area contributed by atoms with Crippen molar-refractivity contribution in [2.24, 2.45) is 0 Å². The van der Waals surface area contributed by atoms with Gasteiger partial charge in [0, 0.05) is 6.07 Å². The minimum absolute atomic E-state index is 0.121. The number of phenolic OH excluding ortho intramolecular Hbond substituents is 1. The summed E-state index contributed by atoms with van der Waals surface area (Å²) < 4.78 is 5.01. The van der Waals surface area contributed by atoms with E-state index in [9.17, 15) is 9.90 Å². The molecule has 0 saturated heterocycles. The summed E-state index contributed by atoms with van der Waals surface area (Å²) in [5, 5.41) is 9.18. The average molecular weight is 224 g/mol. The van der Waals surface area contributed by atoms with Crippen LogP contribution in [-0.2, 0) is 4.74 Å². The SMILES string of the molecule is CC(C)(C)OC(=O)NNc1cccc(O)c1. The lowest BCUT2D eigenvalue weighted by atomic mass is 10.2. The molecule has 88 valence electrons. The molecule has 5 heteroatoms. The van der Waals surface area contributed by atoms with Crippen molar-refractivity contribution in [3.63, 3.8) is 0 Å². The molecular formula is C11H16N2O3. The molecule has 1 aromatic rings. The van der Waals surface area contributed by atoms with Crippen LogP contribution in [-0.4, -0.2) is 16.8 Å². The number of nitrogens with one attached hydrogen (secondary N) is 2. The molecule has 5 nitrogen and oxygen atoms in total. The lowest BCUT2D eigenvalue weighted by molar-refractivity contribution is 0.0541. The third-order valence-corrected chi connectivity index (χ3v) is 1.55. The van der Waals surface area contributed by atoms with E-state index in [0.717, 1.165) is 0 Å². The van der Waals surface area contributed by atoms with Crippen molar-refractivity contribution in [1.82, 2.24) is 5.43 Å². The smallest absolute Gasteiger partial charge is 0.426 e. The van der Waals surface area contributed by atoms with Gasteiger partial charge in [0.15, 0.2) is 0 Å². The summed E-state index contributed by atoms with van der Waals surface area (Å²) in [7, 11) is 0. The molecule has 0 radical (unpaired) electrons. The molecule has 16 heavy (non-hydrogen) atoms. The fraction of sp³-hybridized carbons (Fsp3) is 0.364. The van der Waals surface area contributed by atoms with Crippen molar-refractivity contribution in [1.29, 1.82) is 0 Å². The van der Waals surface area contributed by atoms with Gasteiger partial charge in [0.05, 0.1) is 5.69 Å². The van der Waals surface area contributed by atoms with Crippen LogP contribution in [0.1, 0.15) is 20.8 Å². The van der Waals surface area contributed by atoms with E-state index in [4.69, 9.17) is 4.74 Å². The molecule has 0 atom stereocenters. The van der Waals surface area contributed by atoms with Crippen molar-refractivity contribution in [3.05, 3.63) is 24.3 Å². The number of anilines is 1. The molecule has 0 aliphatic carbocycles. The second kappa shape index (κ2) is 4.74. The van der Waals surface area contributed by atoms with E-state index >= 15 is 0 Å². The van der Waals surface area contributed by atoms with Gasteiger partial charge >= 0.3 is 6.09 Å². The zero-order valence-corrected chi connectivity index (χ0v) is 9.57. The van der Waals surface area contributed by atoms with Gasteiger partial charge in [-0.1, -0.05) is 6.07 Å². The van der Waals surface area contributed by atoms with E-state index in [1.165, 1.54) is 6.07 Å². The molecule has 0 aliphatic rings. The average Bonchev–Trinajstić information content (AvgIpc) is 2.12. The first kappa shape index (κ1) is 12.2. The van der Waals surface area contributed by atoms with Crippen molar-refractivity contribution >= 4 is 11.8 Å². The first-order chi connectivity index (χ1) is 7.37. The molecule has 0 aromatic heterocycles. The fourth-order valence-electron chi connectivity index (χ4n) is 1.01. The summed E-state index contributed by atoms with van der Waals surface area (Å²) in [4.78, 5) is 11.3. The Morgan fingerprint density at radius 2 is 2.06 bits per heavy atom. The van der Waals surface area contributed by atoms with Crippen LogP contribution in [0.2, 0.25) is 0 Å². The summed E-state index contributed by atoms with van der Waals surface area (Å²) >= 11 is 0. The number of hydrazine groups is 1. The fourth-order valence-corrected chi connectivity index (χ4v) is 1.01. The summed E-state index contributed by atoms with van der Waals surface area (Å²) in [5.74, 6) is 0.121. The highest BCUT2D eigenvalue weighted by atomic mass is 16.6. The van der Waals surface area contributed by atoms with Crippen LogP contribution in [0, 0.1) is 0 Å². The van der Waals surface area contributed by atoms with Crippen LogP contribution in [0.15, 0.2) is 24.3 Å². The molecule has 1 rings (SSSR count). The summed E-state index contributed by atoms with van der Waals surface area (Å²) in [5.41, 5.74) is 5.02. The molecule has 0 spiro atoms. The predicted molar refractivity (Wildman–Crippen MR) is 61.1 cm³/mol. The summed E-state index contributed by atoms with van der Waals surface area (Å²) in [6, 6.07) is 6.39. The third-order valence-electron chi connectivity index (χ3n) is 1.55. The Kier molecular flexibility index (Phi) is 3.60. The van der Waals surface area contributed by atoms with Crippen LogP contribution in [0.4, 0.5) is 10.5 Å². The van der Waals surface area contributed by atoms with Crippen molar-refractivity contribution < 1.29 is 14.6 Å². The second-order valence-corrected chi connectivity index (χ2v) is 4.30. The highest BCUT2D eigenvalue weighted by Gasteiger charge is 2.15. The number of carbonyl (C=O) groups excluding carboxylic acids is 1. The zero-order valence-electron chi connectivity index (χ0n) is 9.57. The number of rotatable bonds is 2. The number of ether oxygens (including phenoxy) is 1. The zero-order chi connectivity index (χ0) is 12.2. The van der Waals surface area contributed by atoms with Gasteiger partial charge in [-0.15, -0.1) is 0 Å². The molecule has 1 amide bonds. The first-order valence-corrected chi connectivity index (χ1v) is 4.91. The monoisotopic (exact) mass is 224 g/mol. The van der Waals surface area contributed by atoms with Gasteiger partial charge in [0.1, 0.15) is 11.4 Å². The summed E-state index contributed by atoms with van der Waals surface area (Å²) in [6.07, 6.45) is -0.573. The molecule has 0 heterocycles. The standard InChI is InChI=1S/C11H16N2O3/c1-11(2,3)16-10(15)13-12-8-5-4-6-9(14)7-8/h4-7,12,14H,1-3H3,(H,13,15). The quantitative estimate of drug-likeness (QED) is 0.674. The summed E-state index contributed by atoms with van der Waals surface area (Å²) in [6.45, 7) is 5.34. The van der Waals surface area contributed by atoms with Gasteiger partial charge in [0.2, 0.25) is 0 Å². The maximum atomic E-state index is 11.3. The lowest BCUT2D eigenvalue weighted by Gasteiger charge is -2.20. The number of benzene rings is 1. The van der Waals surface area contributed by atoms with Gasteiger partial charge in [-0.25, -0.2) is 10.2 Å². The Hall–Kier alpha value is -1.91. The number of hydrogen-bond acceptors (Lipinski definition) is 4. The highest BCUT2D eigenvalue weighted by Crippen LogP contribution is 2.14. The van der Waals surface area contributed by atoms with Crippen molar-refractivity contribution in [2.45, 2.75) is 26.4 Å². The first-order valence-electron chi connectivity index (χ1n) is 4.91. The van der Waals surface area contributed by atoms with Gasteiger partial charge in [-0.2, -0.15) is 0 Å². The second-order valence-electron chi connectivity index (χ2n) is 4.30.